The van der Waals surface area contributed by atoms with Gasteiger partial charge in [0.25, 0.3) is 5.91 Å². The number of nitrogens with zero attached hydrogens (tertiary/aromatic N) is 1. The lowest BCUT2D eigenvalue weighted by atomic mass is 9.94. The smallest absolute Gasteiger partial charge is 0.260 e. The number of hydrogen-bond donors (Lipinski definition) is 1. The van der Waals surface area contributed by atoms with Crippen LogP contribution in [0.1, 0.15) is 39.2 Å². The molecule has 1 aliphatic heterocycles. The Bertz CT molecular complexity index is 567. The van der Waals surface area contributed by atoms with Crippen LogP contribution in [0.5, 0.6) is 5.75 Å². The molecule has 24 heavy (non-hydrogen) atoms. The molecule has 1 fully saturated rings. The number of benzene rings is 1. The summed E-state index contributed by atoms with van der Waals surface area (Å²) < 4.78 is 5.55. The summed E-state index contributed by atoms with van der Waals surface area (Å²) in [5.74, 6) is 0.760. The van der Waals surface area contributed by atoms with Crippen molar-refractivity contribution in [2.24, 2.45) is 5.92 Å². The van der Waals surface area contributed by atoms with Crippen LogP contribution in [-0.2, 0) is 9.59 Å². The summed E-state index contributed by atoms with van der Waals surface area (Å²) in [6, 6.07) is 7.65. The fourth-order valence-electron chi connectivity index (χ4n) is 2.73. The molecule has 0 aromatic heterocycles. The van der Waals surface area contributed by atoms with Crippen molar-refractivity contribution in [3.63, 3.8) is 0 Å². The highest BCUT2D eigenvalue weighted by Crippen LogP contribution is 2.19. The summed E-state index contributed by atoms with van der Waals surface area (Å²) in [6.07, 6.45) is 1.41. The molecule has 1 aromatic carbocycles. The van der Waals surface area contributed by atoms with E-state index in [1.165, 1.54) is 0 Å². The summed E-state index contributed by atoms with van der Waals surface area (Å²) in [5, 5.41) is 3.02. The fourth-order valence-corrected chi connectivity index (χ4v) is 2.73. The van der Waals surface area contributed by atoms with Crippen LogP contribution >= 0.6 is 0 Å². The summed E-state index contributed by atoms with van der Waals surface area (Å²) in [5.41, 5.74) is 0.940. The van der Waals surface area contributed by atoms with Gasteiger partial charge in [0.15, 0.2) is 6.61 Å². The van der Waals surface area contributed by atoms with Crippen molar-refractivity contribution in [2.45, 2.75) is 46.1 Å². The first kappa shape index (κ1) is 18.3. The van der Waals surface area contributed by atoms with Crippen LogP contribution in [-0.4, -0.2) is 41.9 Å². The summed E-state index contributed by atoms with van der Waals surface area (Å²) >= 11 is 0. The van der Waals surface area contributed by atoms with Gasteiger partial charge in [0, 0.05) is 24.5 Å². The molecule has 0 bridgehead atoms. The zero-order valence-corrected chi connectivity index (χ0v) is 15.1. The maximum Gasteiger partial charge on any atom is 0.260 e. The number of carbonyl (C=O) groups is 2. The first-order valence-corrected chi connectivity index (χ1v) is 8.54. The van der Waals surface area contributed by atoms with Crippen molar-refractivity contribution in [2.75, 3.05) is 19.7 Å². The lowest BCUT2D eigenvalue weighted by Crippen LogP contribution is -2.48. The average Bonchev–Trinajstić information content (AvgIpc) is 2.52. The largest absolute Gasteiger partial charge is 0.484 e. The Morgan fingerprint density at radius 3 is 2.29 bits per heavy atom. The van der Waals surface area contributed by atoms with Crippen LogP contribution in [0, 0.1) is 12.8 Å². The van der Waals surface area contributed by atoms with Crippen LogP contribution in [0.2, 0.25) is 0 Å². The number of ether oxygens (including phenoxy) is 1. The minimum Gasteiger partial charge on any atom is -0.484 e. The first-order chi connectivity index (χ1) is 11.2. The van der Waals surface area contributed by atoms with E-state index in [0.29, 0.717) is 31.7 Å². The van der Waals surface area contributed by atoms with E-state index in [9.17, 15) is 9.59 Å². The predicted molar refractivity (Wildman–Crippen MR) is 93.9 cm³/mol. The number of hydrogen-bond acceptors (Lipinski definition) is 3. The van der Waals surface area contributed by atoms with E-state index in [1.54, 1.807) is 4.90 Å². The molecule has 132 valence electrons. The molecule has 0 radical (unpaired) electrons. The molecule has 0 atom stereocenters. The molecule has 5 heteroatoms. The Morgan fingerprint density at radius 2 is 1.75 bits per heavy atom. The summed E-state index contributed by atoms with van der Waals surface area (Å²) in [6.45, 7) is 9.21. The highest BCUT2D eigenvalue weighted by molar-refractivity contribution is 5.81. The third-order valence-electron chi connectivity index (χ3n) is 4.10. The van der Waals surface area contributed by atoms with Crippen molar-refractivity contribution >= 4 is 11.8 Å². The van der Waals surface area contributed by atoms with Gasteiger partial charge in [0.2, 0.25) is 5.91 Å². The van der Waals surface area contributed by atoms with E-state index < -0.39 is 0 Å². The van der Waals surface area contributed by atoms with E-state index in [4.69, 9.17) is 4.74 Å². The summed E-state index contributed by atoms with van der Waals surface area (Å²) in [7, 11) is 0. The first-order valence-electron chi connectivity index (χ1n) is 8.54. The van der Waals surface area contributed by atoms with Gasteiger partial charge < -0.3 is 15.0 Å². The van der Waals surface area contributed by atoms with Gasteiger partial charge in [-0.1, -0.05) is 17.7 Å². The lowest BCUT2D eigenvalue weighted by molar-refractivity contribution is -0.137. The van der Waals surface area contributed by atoms with Crippen LogP contribution in [0.4, 0.5) is 0 Å². The Hall–Kier alpha value is -2.04. The van der Waals surface area contributed by atoms with Crippen LogP contribution in [0.25, 0.3) is 0 Å². The van der Waals surface area contributed by atoms with Crippen molar-refractivity contribution in [3.05, 3.63) is 29.8 Å². The van der Waals surface area contributed by atoms with Gasteiger partial charge in [-0.25, -0.2) is 0 Å². The van der Waals surface area contributed by atoms with Crippen molar-refractivity contribution in [1.29, 1.82) is 0 Å². The highest BCUT2D eigenvalue weighted by atomic mass is 16.5. The molecule has 0 spiro atoms. The van der Waals surface area contributed by atoms with Crippen molar-refractivity contribution in [3.8, 4) is 5.75 Å². The molecule has 1 saturated heterocycles. The Balaban J connectivity index is 1.76. The molecule has 2 amide bonds. The molecule has 0 aliphatic carbocycles. The van der Waals surface area contributed by atoms with E-state index in [0.717, 1.165) is 5.56 Å². The van der Waals surface area contributed by atoms with E-state index >= 15 is 0 Å². The van der Waals surface area contributed by atoms with Gasteiger partial charge in [0.05, 0.1) is 0 Å². The number of rotatable bonds is 4. The summed E-state index contributed by atoms with van der Waals surface area (Å²) in [4.78, 5) is 26.2. The topological polar surface area (TPSA) is 58.6 Å². The molecule has 5 nitrogen and oxygen atoms in total. The fraction of sp³-hybridized carbons (Fsp3) is 0.579. The predicted octanol–water partition coefficient (Wildman–Crippen LogP) is 2.53. The molecule has 1 aromatic rings. The van der Waals surface area contributed by atoms with E-state index in [2.05, 4.69) is 5.32 Å². The molecule has 0 unspecified atom stereocenters. The van der Waals surface area contributed by atoms with Gasteiger partial charge in [-0.3, -0.25) is 9.59 Å². The van der Waals surface area contributed by atoms with Crippen molar-refractivity contribution in [1.82, 2.24) is 10.2 Å². The average molecular weight is 332 g/mol. The van der Waals surface area contributed by atoms with E-state index in [1.807, 2.05) is 52.0 Å². The lowest BCUT2D eigenvalue weighted by Gasteiger charge is -2.33. The number of amides is 2. The molecule has 2 rings (SSSR count). The minimum atomic E-state index is -0.216. The molecule has 0 saturated carbocycles. The third kappa shape index (κ3) is 5.55. The Kier molecular flexibility index (Phi) is 5.86. The van der Waals surface area contributed by atoms with Gasteiger partial charge in [-0.2, -0.15) is 0 Å². The third-order valence-corrected chi connectivity index (χ3v) is 4.10. The Labute approximate surface area is 144 Å². The normalized spacial score (nSPS) is 15.9. The van der Waals surface area contributed by atoms with E-state index in [-0.39, 0.29) is 29.9 Å². The zero-order chi connectivity index (χ0) is 17.7. The second-order valence-electron chi connectivity index (χ2n) is 7.50. The second kappa shape index (κ2) is 7.69. The number of nitrogens with one attached hydrogen (secondary N) is 1. The van der Waals surface area contributed by atoms with Crippen LogP contribution in [0.3, 0.4) is 0 Å². The van der Waals surface area contributed by atoms with Gasteiger partial charge in [-0.05, 0) is 52.7 Å². The SMILES string of the molecule is Cc1ccc(OCC(=O)N2CCC(C(=O)NC(C)(C)C)CC2)cc1. The van der Waals surface area contributed by atoms with Crippen LogP contribution in [0.15, 0.2) is 24.3 Å². The molecule has 1 N–H and O–H groups in total. The maximum atomic E-state index is 12.2. The maximum absolute atomic E-state index is 12.2. The van der Waals surface area contributed by atoms with Crippen molar-refractivity contribution < 1.29 is 14.3 Å². The minimum absolute atomic E-state index is 0.00806. The van der Waals surface area contributed by atoms with Gasteiger partial charge >= 0.3 is 0 Å². The molecule has 1 heterocycles. The molecular formula is C19H28N2O3. The highest BCUT2D eigenvalue weighted by Gasteiger charge is 2.29. The number of carbonyl (C=O) groups excluding carboxylic acids is 2. The zero-order valence-electron chi connectivity index (χ0n) is 15.1. The number of aryl methyl sites for hydroxylation is 1. The molecular weight excluding hydrogens is 304 g/mol. The monoisotopic (exact) mass is 332 g/mol. The van der Waals surface area contributed by atoms with Gasteiger partial charge in [-0.15, -0.1) is 0 Å². The standard InChI is InChI=1S/C19H28N2O3/c1-14-5-7-16(8-6-14)24-13-17(22)21-11-9-15(10-12-21)18(23)20-19(2,3)4/h5-8,15H,9-13H2,1-4H3,(H,20,23). The van der Waals surface area contributed by atoms with Crippen LogP contribution < -0.4 is 10.1 Å². The molecule has 1 aliphatic rings. The number of piperidine rings is 1. The Morgan fingerprint density at radius 1 is 1.17 bits per heavy atom. The quantitative estimate of drug-likeness (QED) is 0.922. The van der Waals surface area contributed by atoms with Gasteiger partial charge in [0.1, 0.15) is 5.75 Å². The number of likely N-dealkylation sites (tertiary alicyclic amines) is 1. The second-order valence-corrected chi connectivity index (χ2v) is 7.50.